The summed E-state index contributed by atoms with van der Waals surface area (Å²) in [5, 5.41) is 18.2. The number of benzene rings is 1. The van der Waals surface area contributed by atoms with Gasteiger partial charge in [-0.15, -0.1) is 0 Å². The zero-order chi connectivity index (χ0) is 14.4. The number of nitrogens with zero attached hydrogens (tertiary/aromatic N) is 2. The van der Waals surface area contributed by atoms with Gasteiger partial charge in [0.05, 0.1) is 0 Å². The molecule has 3 rings (SSSR count). The van der Waals surface area contributed by atoms with Crippen molar-refractivity contribution < 1.29 is 14.4 Å². The largest absolute Gasteiger partial charge is 0.488 e. The molecule has 1 aromatic carbocycles. The molecule has 0 amide bonds. The third-order valence-electron chi connectivity index (χ3n) is 2.54. The third-order valence-corrected chi connectivity index (χ3v) is 2.54. The Hall–Kier alpha value is -2.31. The van der Waals surface area contributed by atoms with E-state index in [1.165, 1.54) is 24.3 Å². The lowest BCUT2D eigenvalue weighted by Crippen LogP contribution is -2.29. The first-order valence-corrected chi connectivity index (χ1v) is 5.94. The molecule has 0 aliphatic rings. The normalized spacial score (nSPS) is 9.75. The highest BCUT2D eigenvalue weighted by Gasteiger charge is 2.08. The first-order valence-electron chi connectivity index (χ1n) is 5.94. The van der Waals surface area contributed by atoms with Crippen molar-refractivity contribution in [1.29, 1.82) is 0 Å². The molecule has 0 aliphatic carbocycles. The fourth-order valence-corrected chi connectivity index (χ4v) is 1.54. The standard InChI is InChI=1S/C8H6N2.C6H6BFO2/c1-3-7-4-2-6-10-8(7)9-5-1;8-6-3-1-5(2-4-6)7(9)10/h1-6H;1-4,9-10H. The highest BCUT2D eigenvalue weighted by molar-refractivity contribution is 6.58. The first-order chi connectivity index (χ1) is 9.66. The molecule has 6 heteroatoms. The van der Waals surface area contributed by atoms with Gasteiger partial charge in [0, 0.05) is 17.8 Å². The highest BCUT2D eigenvalue weighted by atomic mass is 19.1. The average Bonchev–Trinajstić information content (AvgIpc) is 2.48. The summed E-state index contributed by atoms with van der Waals surface area (Å²) in [4.78, 5) is 8.14. The van der Waals surface area contributed by atoms with Crippen LogP contribution in [0.25, 0.3) is 11.0 Å². The molecule has 0 fully saturated rings. The van der Waals surface area contributed by atoms with Gasteiger partial charge in [0.25, 0.3) is 0 Å². The van der Waals surface area contributed by atoms with E-state index in [4.69, 9.17) is 10.0 Å². The fraction of sp³-hybridized carbons (Fsp3) is 0. The van der Waals surface area contributed by atoms with Crippen LogP contribution in [0.5, 0.6) is 0 Å². The molecule has 20 heavy (non-hydrogen) atoms. The van der Waals surface area contributed by atoms with Gasteiger partial charge in [0.15, 0.2) is 5.65 Å². The number of rotatable bonds is 1. The summed E-state index contributed by atoms with van der Waals surface area (Å²) in [5.74, 6) is -0.385. The lowest BCUT2D eigenvalue weighted by molar-refractivity contribution is 0.425. The smallest absolute Gasteiger partial charge is 0.423 e. The molecular weight excluding hydrogens is 258 g/mol. The topological polar surface area (TPSA) is 66.2 Å². The van der Waals surface area contributed by atoms with Gasteiger partial charge in [-0.3, -0.25) is 0 Å². The lowest BCUT2D eigenvalue weighted by atomic mass is 9.80. The summed E-state index contributed by atoms with van der Waals surface area (Å²) in [6, 6.07) is 12.8. The Bertz CT molecular complexity index is 612. The Balaban J connectivity index is 0.000000147. The molecule has 2 aromatic heterocycles. The van der Waals surface area contributed by atoms with Gasteiger partial charge in [-0.25, -0.2) is 14.4 Å². The van der Waals surface area contributed by atoms with E-state index >= 15 is 0 Å². The Kier molecular flexibility index (Phi) is 4.76. The van der Waals surface area contributed by atoms with Gasteiger partial charge in [-0.05, 0) is 41.9 Å². The van der Waals surface area contributed by atoms with E-state index in [0.717, 1.165) is 11.0 Å². The van der Waals surface area contributed by atoms with Crippen LogP contribution < -0.4 is 5.46 Å². The summed E-state index contributed by atoms with van der Waals surface area (Å²) >= 11 is 0. The van der Waals surface area contributed by atoms with Crippen LogP contribution in [0.3, 0.4) is 0 Å². The maximum Gasteiger partial charge on any atom is 0.488 e. The number of pyridine rings is 2. The SMILES string of the molecule is OB(O)c1ccc(F)cc1.c1cnc2ncccc2c1. The van der Waals surface area contributed by atoms with Crippen molar-refractivity contribution >= 4 is 23.6 Å². The first kappa shape index (κ1) is 14.1. The van der Waals surface area contributed by atoms with Crippen LogP contribution in [0.1, 0.15) is 0 Å². The van der Waals surface area contributed by atoms with E-state index in [0.29, 0.717) is 5.46 Å². The predicted molar refractivity (Wildman–Crippen MR) is 75.8 cm³/mol. The highest BCUT2D eigenvalue weighted by Crippen LogP contribution is 2.04. The molecule has 0 radical (unpaired) electrons. The van der Waals surface area contributed by atoms with Gasteiger partial charge < -0.3 is 10.0 Å². The molecule has 0 aliphatic heterocycles. The minimum atomic E-state index is -1.51. The molecule has 0 saturated heterocycles. The maximum absolute atomic E-state index is 12.2. The minimum absolute atomic E-state index is 0.293. The quantitative estimate of drug-likeness (QED) is 0.651. The summed E-state index contributed by atoms with van der Waals surface area (Å²) in [6.45, 7) is 0. The zero-order valence-corrected chi connectivity index (χ0v) is 10.5. The molecule has 2 N–H and O–H groups in total. The second-order valence-corrected chi connectivity index (χ2v) is 3.98. The van der Waals surface area contributed by atoms with Crippen molar-refractivity contribution in [3.05, 3.63) is 66.7 Å². The van der Waals surface area contributed by atoms with E-state index in [2.05, 4.69) is 9.97 Å². The molecule has 4 nitrogen and oxygen atoms in total. The molecule has 0 unspecified atom stereocenters. The average molecular weight is 270 g/mol. The number of hydrogen-bond acceptors (Lipinski definition) is 4. The van der Waals surface area contributed by atoms with Gasteiger partial charge >= 0.3 is 7.12 Å². The third kappa shape index (κ3) is 3.84. The number of hydrogen-bond donors (Lipinski definition) is 2. The van der Waals surface area contributed by atoms with Crippen molar-refractivity contribution in [3.63, 3.8) is 0 Å². The van der Waals surface area contributed by atoms with Crippen molar-refractivity contribution in [1.82, 2.24) is 9.97 Å². The number of halogens is 1. The predicted octanol–water partition coefficient (Wildman–Crippen LogP) is 1.14. The van der Waals surface area contributed by atoms with Crippen molar-refractivity contribution in [3.8, 4) is 0 Å². The molecule has 100 valence electrons. The van der Waals surface area contributed by atoms with Crippen LogP contribution in [0.15, 0.2) is 60.9 Å². The van der Waals surface area contributed by atoms with E-state index in [-0.39, 0.29) is 5.82 Å². The van der Waals surface area contributed by atoms with Crippen LogP contribution in [0, 0.1) is 5.82 Å². The zero-order valence-electron chi connectivity index (χ0n) is 10.5. The molecule has 3 aromatic rings. The Morgan fingerprint density at radius 1 is 0.850 bits per heavy atom. The van der Waals surface area contributed by atoms with Crippen LogP contribution in [-0.4, -0.2) is 27.1 Å². The van der Waals surface area contributed by atoms with E-state index < -0.39 is 7.12 Å². The number of aromatic nitrogens is 2. The molecule has 0 bridgehead atoms. The Morgan fingerprint density at radius 2 is 1.40 bits per heavy atom. The molecule has 0 atom stereocenters. The lowest BCUT2D eigenvalue weighted by Gasteiger charge is -1.95. The second kappa shape index (κ2) is 6.74. The van der Waals surface area contributed by atoms with E-state index in [1.807, 2.05) is 24.3 Å². The monoisotopic (exact) mass is 270 g/mol. The summed E-state index contributed by atoms with van der Waals surface area (Å²) in [7, 11) is -1.51. The van der Waals surface area contributed by atoms with Crippen LogP contribution >= 0.6 is 0 Å². The van der Waals surface area contributed by atoms with Gasteiger partial charge in [-0.1, -0.05) is 12.1 Å². The van der Waals surface area contributed by atoms with Crippen molar-refractivity contribution in [2.75, 3.05) is 0 Å². The summed E-state index contributed by atoms with van der Waals surface area (Å²) in [5.41, 5.74) is 1.10. The Morgan fingerprint density at radius 3 is 1.85 bits per heavy atom. The van der Waals surface area contributed by atoms with Gasteiger partial charge in [-0.2, -0.15) is 0 Å². The minimum Gasteiger partial charge on any atom is -0.423 e. The maximum atomic E-state index is 12.2. The summed E-state index contributed by atoms with van der Waals surface area (Å²) < 4.78 is 12.2. The molecular formula is C14H12BFN2O2. The molecule has 0 spiro atoms. The van der Waals surface area contributed by atoms with E-state index in [1.54, 1.807) is 12.4 Å². The number of fused-ring (bicyclic) bond motifs is 1. The molecule has 2 heterocycles. The Labute approximate surface area is 115 Å². The second-order valence-electron chi connectivity index (χ2n) is 3.98. The van der Waals surface area contributed by atoms with Crippen LogP contribution in [0.2, 0.25) is 0 Å². The van der Waals surface area contributed by atoms with E-state index in [9.17, 15) is 4.39 Å². The van der Waals surface area contributed by atoms with Gasteiger partial charge in [0.1, 0.15) is 5.82 Å². The molecule has 0 saturated carbocycles. The fourth-order valence-electron chi connectivity index (χ4n) is 1.54. The van der Waals surface area contributed by atoms with Crippen LogP contribution in [0.4, 0.5) is 4.39 Å². The summed E-state index contributed by atoms with van der Waals surface area (Å²) in [6.07, 6.45) is 3.49. The van der Waals surface area contributed by atoms with Crippen molar-refractivity contribution in [2.45, 2.75) is 0 Å². The van der Waals surface area contributed by atoms with Gasteiger partial charge in [0.2, 0.25) is 0 Å². The van der Waals surface area contributed by atoms with Crippen molar-refractivity contribution in [2.24, 2.45) is 0 Å². The van der Waals surface area contributed by atoms with Crippen LogP contribution in [-0.2, 0) is 0 Å².